The average molecular weight is 329 g/mol. The third-order valence-corrected chi connectivity index (χ3v) is 4.55. The molecule has 1 heterocycles. The maximum Gasteiger partial charge on any atom is 0.0541 e. The molecule has 1 nitrogen and oxygen atoms in total. The Kier molecular flexibility index (Phi) is 5.90. The van der Waals surface area contributed by atoms with Gasteiger partial charge in [-0.25, -0.2) is 0 Å². The van der Waals surface area contributed by atoms with E-state index in [0.29, 0.717) is 0 Å². The van der Waals surface area contributed by atoms with Gasteiger partial charge < -0.3 is 4.57 Å². The third-order valence-electron chi connectivity index (χ3n) is 4.55. The first-order valence-electron chi connectivity index (χ1n) is 9.40. The molecule has 0 amide bonds. The monoisotopic (exact) mass is 329 g/mol. The van der Waals surface area contributed by atoms with E-state index in [2.05, 4.69) is 97.3 Å². The molecule has 0 N–H and O–H groups in total. The smallest absolute Gasteiger partial charge is 0.0541 e. The lowest BCUT2D eigenvalue weighted by Crippen LogP contribution is -1.92. The van der Waals surface area contributed by atoms with Gasteiger partial charge in [0, 0.05) is 16.5 Å². The van der Waals surface area contributed by atoms with Gasteiger partial charge in [0.05, 0.1) is 11.0 Å². The van der Waals surface area contributed by atoms with E-state index < -0.39 is 0 Å². The van der Waals surface area contributed by atoms with Gasteiger partial charge in [-0.15, -0.1) is 0 Å². The quantitative estimate of drug-likeness (QED) is 0.344. The topological polar surface area (TPSA) is 4.93 Å². The SMILES string of the molecule is CCCCCC.c1ccc(-n2c3ccccc3c3ccccc32)cc1. The van der Waals surface area contributed by atoms with Crippen LogP contribution >= 0.6 is 0 Å². The van der Waals surface area contributed by atoms with E-state index >= 15 is 0 Å². The summed E-state index contributed by atoms with van der Waals surface area (Å²) < 4.78 is 2.32. The number of nitrogens with zero attached hydrogens (tertiary/aromatic N) is 1. The van der Waals surface area contributed by atoms with Crippen molar-refractivity contribution in [2.24, 2.45) is 0 Å². The minimum atomic E-state index is 1.21. The molecule has 0 bridgehead atoms. The summed E-state index contributed by atoms with van der Waals surface area (Å²) in [6.45, 7) is 4.46. The molecule has 128 valence electrons. The van der Waals surface area contributed by atoms with Crippen molar-refractivity contribution in [2.45, 2.75) is 39.5 Å². The number of rotatable bonds is 4. The van der Waals surface area contributed by atoms with Crippen LogP contribution in [0.2, 0.25) is 0 Å². The highest BCUT2D eigenvalue weighted by atomic mass is 15.0. The van der Waals surface area contributed by atoms with Crippen molar-refractivity contribution >= 4 is 21.8 Å². The molecule has 3 aromatic carbocycles. The summed E-state index contributed by atoms with van der Waals surface area (Å²) in [6, 6.07) is 27.7. The molecule has 0 spiro atoms. The van der Waals surface area contributed by atoms with Crippen molar-refractivity contribution < 1.29 is 0 Å². The van der Waals surface area contributed by atoms with Crippen molar-refractivity contribution in [3.8, 4) is 5.69 Å². The zero-order valence-corrected chi connectivity index (χ0v) is 15.3. The van der Waals surface area contributed by atoms with Crippen molar-refractivity contribution in [1.29, 1.82) is 0 Å². The molecule has 4 aromatic rings. The molecule has 0 aliphatic rings. The number of aromatic nitrogens is 1. The summed E-state index contributed by atoms with van der Waals surface area (Å²) in [7, 11) is 0. The molecule has 0 aliphatic heterocycles. The third kappa shape index (κ3) is 3.76. The average Bonchev–Trinajstić information content (AvgIpc) is 3.02. The Morgan fingerprint density at radius 2 is 1.00 bits per heavy atom. The largest absolute Gasteiger partial charge is 0.309 e. The molecule has 25 heavy (non-hydrogen) atoms. The molecule has 0 unspecified atom stereocenters. The first kappa shape index (κ1) is 17.3. The fourth-order valence-corrected chi connectivity index (χ4v) is 3.28. The second-order valence-corrected chi connectivity index (χ2v) is 6.41. The van der Waals surface area contributed by atoms with Crippen molar-refractivity contribution in [2.75, 3.05) is 0 Å². The summed E-state index contributed by atoms with van der Waals surface area (Å²) in [4.78, 5) is 0. The molecular weight excluding hydrogens is 302 g/mol. The Bertz CT molecular complexity index is 861. The molecule has 0 aliphatic carbocycles. The predicted molar refractivity (Wildman–Crippen MR) is 111 cm³/mol. The van der Waals surface area contributed by atoms with E-state index in [0.717, 1.165) is 0 Å². The van der Waals surface area contributed by atoms with E-state index in [4.69, 9.17) is 0 Å². The highest BCUT2D eigenvalue weighted by Crippen LogP contribution is 2.31. The Morgan fingerprint density at radius 1 is 0.560 bits per heavy atom. The van der Waals surface area contributed by atoms with Gasteiger partial charge in [-0.2, -0.15) is 0 Å². The maximum absolute atomic E-state index is 2.32. The number of hydrogen-bond acceptors (Lipinski definition) is 0. The van der Waals surface area contributed by atoms with Gasteiger partial charge in [0.15, 0.2) is 0 Å². The van der Waals surface area contributed by atoms with Gasteiger partial charge in [-0.3, -0.25) is 0 Å². The minimum absolute atomic E-state index is 1.21. The molecule has 0 saturated carbocycles. The predicted octanol–water partition coefficient (Wildman–Crippen LogP) is 7.37. The fraction of sp³-hybridized carbons (Fsp3) is 0.250. The van der Waals surface area contributed by atoms with Crippen LogP contribution in [0.4, 0.5) is 0 Å². The number of fused-ring (bicyclic) bond motifs is 3. The molecule has 0 atom stereocenters. The van der Waals surface area contributed by atoms with Gasteiger partial charge in [-0.05, 0) is 24.3 Å². The maximum atomic E-state index is 2.32. The summed E-state index contributed by atoms with van der Waals surface area (Å²) in [5, 5.41) is 2.61. The Labute approximate surface area is 150 Å². The Balaban J connectivity index is 0.000000265. The molecule has 4 rings (SSSR count). The van der Waals surface area contributed by atoms with Crippen LogP contribution in [-0.2, 0) is 0 Å². The van der Waals surface area contributed by atoms with Crippen LogP contribution in [0.15, 0.2) is 78.9 Å². The van der Waals surface area contributed by atoms with Gasteiger partial charge in [-0.1, -0.05) is 94.1 Å². The normalized spacial score (nSPS) is 10.6. The van der Waals surface area contributed by atoms with Crippen LogP contribution in [0.3, 0.4) is 0 Å². The minimum Gasteiger partial charge on any atom is -0.309 e. The molecule has 0 saturated heterocycles. The standard InChI is InChI=1S/C18H13N.C6H14/c1-2-8-14(9-3-1)19-17-12-6-4-10-15(17)16-11-5-7-13-18(16)19;1-3-5-6-4-2/h1-13H;3-6H2,1-2H3. The van der Waals surface area contributed by atoms with E-state index in [1.165, 1.54) is 53.2 Å². The lowest BCUT2D eigenvalue weighted by molar-refractivity contribution is 0.702. The van der Waals surface area contributed by atoms with Crippen LogP contribution in [0.1, 0.15) is 39.5 Å². The van der Waals surface area contributed by atoms with Gasteiger partial charge in [0.25, 0.3) is 0 Å². The van der Waals surface area contributed by atoms with E-state index in [1.807, 2.05) is 0 Å². The summed E-state index contributed by atoms with van der Waals surface area (Å²) in [5.41, 5.74) is 3.73. The summed E-state index contributed by atoms with van der Waals surface area (Å²) in [5.74, 6) is 0. The van der Waals surface area contributed by atoms with Crippen LogP contribution < -0.4 is 0 Å². The Morgan fingerprint density at radius 3 is 1.48 bits per heavy atom. The number of hydrogen-bond donors (Lipinski definition) is 0. The highest BCUT2D eigenvalue weighted by molar-refractivity contribution is 6.09. The molecule has 0 fully saturated rings. The van der Waals surface area contributed by atoms with Crippen molar-refractivity contribution in [1.82, 2.24) is 4.57 Å². The van der Waals surface area contributed by atoms with E-state index in [9.17, 15) is 0 Å². The van der Waals surface area contributed by atoms with Crippen LogP contribution in [0.5, 0.6) is 0 Å². The summed E-state index contributed by atoms with van der Waals surface area (Å²) in [6.07, 6.45) is 5.54. The molecule has 0 radical (unpaired) electrons. The summed E-state index contributed by atoms with van der Waals surface area (Å²) >= 11 is 0. The second-order valence-electron chi connectivity index (χ2n) is 6.41. The van der Waals surface area contributed by atoms with Gasteiger partial charge in [0.1, 0.15) is 0 Å². The van der Waals surface area contributed by atoms with Crippen molar-refractivity contribution in [3.63, 3.8) is 0 Å². The number of para-hydroxylation sites is 3. The van der Waals surface area contributed by atoms with E-state index in [-0.39, 0.29) is 0 Å². The Hall–Kier alpha value is -2.54. The zero-order chi connectivity index (χ0) is 17.5. The first-order chi connectivity index (χ1) is 12.4. The number of unbranched alkanes of at least 4 members (excludes halogenated alkanes) is 3. The lowest BCUT2D eigenvalue weighted by atomic mass is 10.2. The molecule has 1 aromatic heterocycles. The van der Waals surface area contributed by atoms with Gasteiger partial charge >= 0.3 is 0 Å². The second kappa shape index (κ2) is 8.53. The molecular formula is C24H27N. The first-order valence-corrected chi connectivity index (χ1v) is 9.40. The van der Waals surface area contributed by atoms with Crippen LogP contribution in [0.25, 0.3) is 27.5 Å². The van der Waals surface area contributed by atoms with Crippen molar-refractivity contribution in [3.05, 3.63) is 78.9 Å². The number of benzene rings is 3. The zero-order valence-electron chi connectivity index (χ0n) is 15.3. The highest BCUT2D eigenvalue weighted by Gasteiger charge is 2.10. The van der Waals surface area contributed by atoms with Crippen LogP contribution in [-0.4, -0.2) is 4.57 Å². The van der Waals surface area contributed by atoms with Gasteiger partial charge in [0.2, 0.25) is 0 Å². The lowest BCUT2D eigenvalue weighted by Gasteiger charge is -2.06. The molecule has 1 heteroatoms. The van der Waals surface area contributed by atoms with Crippen LogP contribution in [0, 0.1) is 0 Å². The fourth-order valence-electron chi connectivity index (χ4n) is 3.28. The van der Waals surface area contributed by atoms with E-state index in [1.54, 1.807) is 0 Å².